The Morgan fingerprint density at radius 3 is 2.34 bits per heavy atom. The van der Waals surface area contributed by atoms with E-state index in [1.54, 1.807) is 41.2 Å². The van der Waals surface area contributed by atoms with Gasteiger partial charge in [0.05, 0.1) is 15.5 Å². The van der Waals surface area contributed by atoms with Crippen LogP contribution in [0.4, 0.5) is 17.1 Å². The van der Waals surface area contributed by atoms with Crippen molar-refractivity contribution in [2.75, 3.05) is 4.72 Å². The van der Waals surface area contributed by atoms with Crippen molar-refractivity contribution in [2.45, 2.75) is 11.8 Å². The van der Waals surface area contributed by atoms with Crippen molar-refractivity contribution >= 4 is 32.9 Å². The Balaban J connectivity index is 1.72. The number of hydrogen-bond donors (Lipinski definition) is 1. The molecule has 0 fully saturated rings. The minimum Gasteiger partial charge on any atom is -0.291 e. The lowest BCUT2D eigenvalue weighted by molar-refractivity contribution is -0.395. The fraction of sp³-hybridized carbons (Fsp3) is 0.0526. The molecule has 0 amide bonds. The van der Waals surface area contributed by atoms with Gasteiger partial charge in [0.15, 0.2) is 0 Å². The molecule has 0 saturated carbocycles. The van der Waals surface area contributed by atoms with Crippen molar-refractivity contribution < 1.29 is 18.3 Å². The summed E-state index contributed by atoms with van der Waals surface area (Å²) in [7, 11) is -4.36. The molecule has 0 radical (unpaired) electrons. The summed E-state index contributed by atoms with van der Waals surface area (Å²) in [6, 6.07) is 9.65. The highest BCUT2D eigenvalue weighted by molar-refractivity contribution is 7.92. The number of anilines is 1. The molecule has 0 spiro atoms. The Labute approximate surface area is 180 Å². The summed E-state index contributed by atoms with van der Waals surface area (Å²) in [5.41, 5.74) is -0.265. The number of rotatable bonds is 6. The van der Waals surface area contributed by atoms with Gasteiger partial charge in [-0.3, -0.25) is 29.4 Å². The van der Waals surface area contributed by atoms with E-state index in [0.717, 1.165) is 12.1 Å². The van der Waals surface area contributed by atoms with Gasteiger partial charge in [-0.25, -0.2) is 18.4 Å². The number of nitro groups is 2. The number of nitrogens with one attached hydrogen (secondary N) is 1. The van der Waals surface area contributed by atoms with Gasteiger partial charge in [-0.05, 0) is 25.1 Å². The summed E-state index contributed by atoms with van der Waals surface area (Å²) in [6.45, 7) is 1.19. The van der Waals surface area contributed by atoms with E-state index in [9.17, 15) is 28.6 Å². The summed E-state index contributed by atoms with van der Waals surface area (Å²) < 4.78 is 29.7. The molecule has 13 heteroatoms. The monoisotopic (exact) mass is 454 g/mol. The van der Waals surface area contributed by atoms with E-state index >= 15 is 0 Å². The van der Waals surface area contributed by atoms with Gasteiger partial charge in [-0.2, -0.15) is 0 Å². The lowest BCUT2D eigenvalue weighted by atomic mass is 10.1. The van der Waals surface area contributed by atoms with E-state index < -0.39 is 36.1 Å². The molecule has 0 atom stereocenters. The van der Waals surface area contributed by atoms with Gasteiger partial charge >= 0.3 is 0 Å². The second kappa shape index (κ2) is 7.70. The topological polar surface area (TPSA) is 163 Å². The number of imidazole rings is 1. The van der Waals surface area contributed by atoms with Gasteiger partial charge in [0.25, 0.3) is 21.4 Å². The zero-order valence-electron chi connectivity index (χ0n) is 16.4. The van der Waals surface area contributed by atoms with Crippen LogP contribution in [0.15, 0.2) is 66.0 Å². The predicted molar refractivity (Wildman–Crippen MR) is 114 cm³/mol. The van der Waals surface area contributed by atoms with Crippen LogP contribution >= 0.6 is 0 Å². The quantitative estimate of drug-likeness (QED) is 0.342. The number of aromatic nitrogens is 3. The lowest BCUT2D eigenvalue weighted by Crippen LogP contribution is -2.14. The molecule has 0 saturated heterocycles. The molecular weight excluding hydrogens is 440 g/mol. The molecule has 4 rings (SSSR count). The van der Waals surface area contributed by atoms with Crippen molar-refractivity contribution in [1.29, 1.82) is 0 Å². The van der Waals surface area contributed by atoms with Gasteiger partial charge in [0.1, 0.15) is 10.5 Å². The van der Waals surface area contributed by atoms with Crippen LogP contribution in [0.5, 0.6) is 0 Å². The SMILES string of the molecule is Cc1c([N+](=O)[O-])cc(S(=O)(=O)Nc2cccc(-c3cn4cccnc4n3)c2)cc1[N+](=O)[O-]. The highest BCUT2D eigenvalue weighted by Crippen LogP contribution is 2.32. The van der Waals surface area contributed by atoms with Crippen molar-refractivity contribution in [2.24, 2.45) is 0 Å². The van der Waals surface area contributed by atoms with Crippen molar-refractivity contribution in [3.63, 3.8) is 0 Å². The summed E-state index contributed by atoms with van der Waals surface area (Å²) in [4.78, 5) is 28.7. The number of sulfonamides is 1. The normalized spacial score (nSPS) is 11.4. The van der Waals surface area contributed by atoms with E-state index in [0.29, 0.717) is 17.0 Å². The fourth-order valence-electron chi connectivity index (χ4n) is 3.12. The maximum atomic E-state index is 12.9. The van der Waals surface area contributed by atoms with Gasteiger partial charge in [-0.15, -0.1) is 0 Å². The average molecular weight is 454 g/mol. The molecule has 12 nitrogen and oxygen atoms in total. The highest BCUT2D eigenvalue weighted by Gasteiger charge is 2.28. The van der Waals surface area contributed by atoms with Crippen LogP contribution in [0.2, 0.25) is 0 Å². The molecule has 1 N–H and O–H groups in total. The van der Waals surface area contributed by atoms with E-state index in [2.05, 4.69) is 14.7 Å². The van der Waals surface area contributed by atoms with Gasteiger partial charge in [0.2, 0.25) is 5.78 Å². The number of hydrogen-bond acceptors (Lipinski definition) is 8. The Morgan fingerprint density at radius 1 is 1.03 bits per heavy atom. The van der Waals surface area contributed by atoms with Crippen molar-refractivity contribution in [1.82, 2.24) is 14.4 Å². The Hall–Kier alpha value is -4.39. The minimum absolute atomic E-state index is 0.151. The Kier molecular flexibility index (Phi) is 5.02. The van der Waals surface area contributed by atoms with Gasteiger partial charge in [0, 0.05) is 42.0 Å². The maximum absolute atomic E-state index is 12.9. The van der Waals surface area contributed by atoms with Crippen LogP contribution in [0.25, 0.3) is 17.0 Å². The predicted octanol–water partition coefficient (Wildman–Crippen LogP) is 3.32. The number of nitrogens with zero attached hydrogens (tertiary/aromatic N) is 5. The number of benzene rings is 2. The smallest absolute Gasteiger partial charge is 0.280 e. The Morgan fingerprint density at radius 2 is 1.72 bits per heavy atom. The van der Waals surface area contributed by atoms with Crippen LogP contribution in [-0.2, 0) is 10.0 Å². The van der Waals surface area contributed by atoms with Crippen LogP contribution in [0, 0.1) is 27.2 Å². The first-order chi connectivity index (χ1) is 15.2. The fourth-order valence-corrected chi connectivity index (χ4v) is 4.21. The second-order valence-corrected chi connectivity index (χ2v) is 8.42. The van der Waals surface area contributed by atoms with Gasteiger partial charge in [-0.1, -0.05) is 12.1 Å². The zero-order chi connectivity index (χ0) is 23.0. The molecule has 0 aliphatic heterocycles. The summed E-state index contributed by atoms with van der Waals surface area (Å²) in [6.07, 6.45) is 5.09. The third-order valence-electron chi connectivity index (χ3n) is 4.68. The van der Waals surface area contributed by atoms with E-state index in [4.69, 9.17) is 0 Å². The first-order valence-corrected chi connectivity index (χ1v) is 10.5. The van der Waals surface area contributed by atoms with Crippen molar-refractivity contribution in [3.8, 4) is 11.3 Å². The number of fused-ring (bicyclic) bond motifs is 1. The Bertz CT molecular complexity index is 1430. The second-order valence-electron chi connectivity index (χ2n) is 6.74. The van der Waals surface area contributed by atoms with E-state index in [1.165, 1.54) is 19.1 Å². The van der Waals surface area contributed by atoms with Crippen molar-refractivity contribution in [3.05, 3.63) is 86.8 Å². The molecule has 0 aliphatic carbocycles. The molecule has 4 aromatic rings. The molecule has 32 heavy (non-hydrogen) atoms. The first kappa shape index (κ1) is 20.9. The van der Waals surface area contributed by atoms with Crippen LogP contribution < -0.4 is 4.72 Å². The van der Waals surface area contributed by atoms with Crippen LogP contribution in [0.3, 0.4) is 0 Å². The van der Waals surface area contributed by atoms with Crippen LogP contribution in [-0.4, -0.2) is 32.6 Å². The van der Waals surface area contributed by atoms with Crippen LogP contribution in [0.1, 0.15) is 5.56 Å². The zero-order valence-corrected chi connectivity index (χ0v) is 17.2. The molecule has 0 unspecified atom stereocenters. The molecule has 2 aromatic heterocycles. The summed E-state index contributed by atoms with van der Waals surface area (Å²) in [5, 5.41) is 22.5. The molecular formula is C19H14N6O6S. The standard InChI is InChI=1S/C19H14N6O6S/c1-12-17(24(26)27)9-15(10-18(12)25(28)29)32(30,31)22-14-5-2-4-13(8-14)16-11-23-7-3-6-20-19(23)21-16/h2-11,22H,1H3. The van der Waals surface area contributed by atoms with E-state index in [1.807, 2.05) is 0 Å². The summed E-state index contributed by atoms with van der Waals surface area (Å²) in [5.74, 6) is 0.466. The lowest BCUT2D eigenvalue weighted by Gasteiger charge is -2.10. The number of nitro benzene ring substituents is 2. The molecule has 2 aromatic carbocycles. The third kappa shape index (κ3) is 3.83. The maximum Gasteiger partial charge on any atom is 0.280 e. The molecule has 0 bridgehead atoms. The molecule has 162 valence electrons. The highest BCUT2D eigenvalue weighted by atomic mass is 32.2. The molecule has 0 aliphatic rings. The average Bonchev–Trinajstić information content (AvgIpc) is 3.17. The minimum atomic E-state index is -4.36. The van der Waals surface area contributed by atoms with E-state index in [-0.39, 0.29) is 11.3 Å². The third-order valence-corrected chi connectivity index (χ3v) is 6.04. The van der Waals surface area contributed by atoms with Gasteiger partial charge < -0.3 is 0 Å². The largest absolute Gasteiger partial charge is 0.291 e. The summed E-state index contributed by atoms with van der Waals surface area (Å²) >= 11 is 0. The molecule has 2 heterocycles. The first-order valence-electron chi connectivity index (χ1n) is 9.02.